The molecule has 0 radical (unpaired) electrons. The zero-order valence-corrected chi connectivity index (χ0v) is 20.6. The Balaban J connectivity index is 1.64. The third-order valence-corrected chi connectivity index (χ3v) is 6.27. The van der Waals surface area contributed by atoms with Gasteiger partial charge in [-0.1, -0.05) is 0 Å². The van der Waals surface area contributed by atoms with Gasteiger partial charge in [-0.3, -0.25) is 9.69 Å². The number of ether oxygens (including phenoxy) is 1. The van der Waals surface area contributed by atoms with Crippen LogP contribution >= 0.6 is 0 Å². The maximum absolute atomic E-state index is 14.8. The van der Waals surface area contributed by atoms with Crippen molar-refractivity contribution in [2.45, 2.75) is 70.2 Å². The lowest BCUT2D eigenvalue weighted by molar-refractivity contribution is -0.145. The molecule has 1 aromatic carbocycles. The number of hydrogen-bond acceptors (Lipinski definition) is 6. The summed E-state index contributed by atoms with van der Waals surface area (Å²) < 4.78 is 74.5. The maximum Gasteiger partial charge on any atom is 0.453 e. The first-order valence-corrected chi connectivity index (χ1v) is 11.6. The minimum absolute atomic E-state index is 0.0245. The normalized spacial score (nSPS) is 23.1. The fraction of sp³-hybridized carbons (Fsp3) is 0.565. The van der Waals surface area contributed by atoms with Crippen molar-refractivity contribution < 1.29 is 36.3 Å². The molecular weight excluding hydrogens is 503 g/mol. The second-order valence-electron chi connectivity index (χ2n) is 10.1. The van der Waals surface area contributed by atoms with Gasteiger partial charge in [0, 0.05) is 19.2 Å². The molecule has 2 aliphatic rings. The molecule has 4 rings (SSSR count). The first-order chi connectivity index (χ1) is 17.1. The van der Waals surface area contributed by atoms with E-state index in [1.807, 2.05) is 0 Å². The molecule has 3 heterocycles. The highest BCUT2D eigenvalue weighted by molar-refractivity contribution is 5.84. The van der Waals surface area contributed by atoms with Crippen molar-refractivity contribution in [2.24, 2.45) is 0 Å². The molecule has 2 aromatic rings. The molecule has 37 heavy (non-hydrogen) atoms. The number of carbonyl (C=O) groups excluding carboxylic acids is 2. The molecule has 14 heteroatoms. The van der Waals surface area contributed by atoms with E-state index in [0.29, 0.717) is 0 Å². The average molecular weight is 530 g/mol. The molecular formula is C23H27F5N6O3. The van der Waals surface area contributed by atoms with Gasteiger partial charge in [-0.15, -0.1) is 5.10 Å². The number of hydrogen-bond donors (Lipinski definition) is 1. The maximum atomic E-state index is 14.8. The zero-order chi connectivity index (χ0) is 27.3. The predicted octanol–water partition coefficient (Wildman–Crippen LogP) is 3.26. The van der Waals surface area contributed by atoms with E-state index in [9.17, 15) is 31.5 Å². The first-order valence-electron chi connectivity index (χ1n) is 11.6. The predicted molar refractivity (Wildman–Crippen MR) is 119 cm³/mol. The molecule has 0 aliphatic carbocycles. The van der Waals surface area contributed by atoms with E-state index in [0.717, 1.165) is 22.9 Å². The summed E-state index contributed by atoms with van der Waals surface area (Å²) in [6, 6.07) is 0.0200. The second-order valence-corrected chi connectivity index (χ2v) is 10.1. The van der Waals surface area contributed by atoms with E-state index in [1.54, 1.807) is 25.7 Å². The summed E-state index contributed by atoms with van der Waals surface area (Å²) in [6.07, 6.45) is -5.54. The van der Waals surface area contributed by atoms with Crippen molar-refractivity contribution in [2.75, 3.05) is 13.6 Å². The van der Waals surface area contributed by atoms with Crippen molar-refractivity contribution in [3.63, 3.8) is 0 Å². The topological polar surface area (TPSA) is 92.6 Å². The van der Waals surface area contributed by atoms with Crippen LogP contribution in [0.4, 0.5) is 26.7 Å². The summed E-state index contributed by atoms with van der Waals surface area (Å²) in [7, 11) is 1.40. The lowest BCUT2D eigenvalue weighted by Gasteiger charge is -2.46. The number of likely N-dealkylation sites (N-methyl/N-ethyl adjacent to an activating group) is 1. The van der Waals surface area contributed by atoms with Gasteiger partial charge >= 0.3 is 12.3 Å². The smallest absolute Gasteiger partial charge is 0.444 e. The fourth-order valence-corrected chi connectivity index (χ4v) is 4.72. The van der Waals surface area contributed by atoms with Crippen molar-refractivity contribution in [3.8, 4) is 0 Å². The third-order valence-electron chi connectivity index (χ3n) is 6.27. The van der Waals surface area contributed by atoms with Crippen LogP contribution in [0.1, 0.15) is 50.4 Å². The molecule has 3 atom stereocenters. The monoisotopic (exact) mass is 530 g/mol. The molecule has 1 saturated heterocycles. The molecule has 1 aromatic heterocycles. The molecule has 1 unspecified atom stereocenters. The van der Waals surface area contributed by atoms with Crippen molar-refractivity contribution in [1.29, 1.82) is 0 Å². The minimum Gasteiger partial charge on any atom is -0.444 e. The molecule has 1 fully saturated rings. The number of halogens is 5. The number of aromatic nitrogens is 3. The van der Waals surface area contributed by atoms with E-state index in [1.165, 1.54) is 11.9 Å². The number of rotatable bonds is 3. The summed E-state index contributed by atoms with van der Waals surface area (Å²) in [5.41, 5.74) is -0.962. The number of nitrogens with zero attached hydrogens (tertiary/aromatic N) is 5. The van der Waals surface area contributed by atoms with Crippen LogP contribution in [0.25, 0.3) is 0 Å². The van der Waals surface area contributed by atoms with Gasteiger partial charge in [-0.2, -0.15) is 13.2 Å². The van der Waals surface area contributed by atoms with Gasteiger partial charge in [0.25, 0.3) is 5.82 Å². The number of likely N-dealkylation sites (tertiary alicyclic amines) is 1. The number of carbonyl (C=O) groups is 2. The van der Waals surface area contributed by atoms with Gasteiger partial charge in [-0.05, 0) is 45.4 Å². The Morgan fingerprint density at radius 3 is 2.51 bits per heavy atom. The second kappa shape index (κ2) is 9.54. The number of piperidine rings is 1. The molecule has 2 aliphatic heterocycles. The Hall–Kier alpha value is -3.29. The van der Waals surface area contributed by atoms with Crippen LogP contribution in [-0.2, 0) is 28.8 Å². The molecule has 0 saturated carbocycles. The number of amides is 2. The van der Waals surface area contributed by atoms with Crippen LogP contribution in [0.5, 0.6) is 0 Å². The minimum atomic E-state index is -4.71. The van der Waals surface area contributed by atoms with E-state index in [4.69, 9.17) is 4.74 Å². The van der Waals surface area contributed by atoms with Gasteiger partial charge in [0.1, 0.15) is 23.1 Å². The van der Waals surface area contributed by atoms with E-state index >= 15 is 0 Å². The van der Waals surface area contributed by atoms with Gasteiger partial charge in [0.2, 0.25) is 5.91 Å². The Kier molecular flexibility index (Phi) is 6.90. The summed E-state index contributed by atoms with van der Waals surface area (Å²) in [5.74, 6) is -3.15. The SMILES string of the molecule is CN1C(=O)[C@H](N2CCn3nc(C(F)(F)F)nc3C2)C[C@H](NC(=O)OC(C)(C)C)C1c1cc(F)ccc1F. The van der Waals surface area contributed by atoms with Crippen LogP contribution in [0.15, 0.2) is 18.2 Å². The lowest BCUT2D eigenvalue weighted by atomic mass is 9.86. The van der Waals surface area contributed by atoms with Gasteiger partial charge in [0.05, 0.1) is 31.2 Å². The lowest BCUT2D eigenvalue weighted by Crippen LogP contribution is -2.61. The number of nitrogens with one attached hydrogen (secondary N) is 1. The Morgan fingerprint density at radius 2 is 1.86 bits per heavy atom. The van der Waals surface area contributed by atoms with Gasteiger partial charge in [-0.25, -0.2) is 23.2 Å². The van der Waals surface area contributed by atoms with E-state index in [2.05, 4.69) is 15.4 Å². The molecule has 2 amide bonds. The van der Waals surface area contributed by atoms with E-state index in [-0.39, 0.29) is 37.4 Å². The summed E-state index contributed by atoms with van der Waals surface area (Å²) >= 11 is 0. The fourth-order valence-electron chi connectivity index (χ4n) is 4.72. The van der Waals surface area contributed by atoms with Crippen LogP contribution < -0.4 is 5.32 Å². The van der Waals surface area contributed by atoms with Crippen LogP contribution in [0.3, 0.4) is 0 Å². The number of fused-ring (bicyclic) bond motifs is 1. The molecule has 0 bridgehead atoms. The van der Waals surface area contributed by atoms with Gasteiger partial charge in [0.15, 0.2) is 0 Å². The number of alkyl halides is 3. The summed E-state index contributed by atoms with van der Waals surface area (Å²) in [5, 5.41) is 6.18. The van der Waals surface area contributed by atoms with Crippen LogP contribution in [-0.4, -0.2) is 67.8 Å². The first kappa shape index (κ1) is 26.8. The molecule has 1 N–H and O–H groups in total. The van der Waals surface area contributed by atoms with Crippen molar-refractivity contribution >= 4 is 12.0 Å². The molecule has 0 spiro atoms. The zero-order valence-electron chi connectivity index (χ0n) is 20.6. The molecule has 202 valence electrons. The van der Waals surface area contributed by atoms with Crippen LogP contribution in [0, 0.1) is 11.6 Å². The van der Waals surface area contributed by atoms with Gasteiger partial charge < -0.3 is 15.0 Å². The quantitative estimate of drug-likeness (QED) is 0.613. The Morgan fingerprint density at radius 1 is 1.16 bits per heavy atom. The highest BCUT2D eigenvalue weighted by Crippen LogP contribution is 2.36. The Labute approximate surface area is 209 Å². The number of benzene rings is 1. The molecule has 9 nitrogen and oxygen atoms in total. The standard InChI is InChI=1S/C23H27F5N6O3/c1-22(2,3)37-21(36)29-15-10-16(19(35)32(4)18(15)13-9-12(24)5-6-14(13)25)33-7-8-34-17(11-33)30-20(31-34)23(26,27)28/h5-6,9,15-16,18H,7-8,10-11H2,1-4H3,(H,29,36)/t15-,16+,18?/m0/s1. The third kappa shape index (κ3) is 5.68. The summed E-state index contributed by atoms with van der Waals surface area (Å²) in [6.45, 7) is 5.15. The van der Waals surface area contributed by atoms with Crippen LogP contribution in [0.2, 0.25) is 0 Å². The highest BCUT2D eigenvalue weighted by atomic mass is 19.4. The van der Waals surface area contributed by atoms with Crippen molar-refractivity contribution in [3.05, 3.63) is 47.0 Å². The highest BCUT2D eigenvalue weighted by Gasteiger charge is 2.46. The average Bonchev–Trinajstić information content (AvgIpc) is 3.21. The van der Waals surface area contributed by atoms with Crippen molar-refractivity contribution in [1.82, 2.24) is 29.9 Å². The number of alkyl carbamates (subject to hydrolysis) is 1. The Bertz CT molecular complexity index is 1190. The summed E-state index contributed by atoms with van der Waals surface area (Å²) in [4.78, 5) is 32.5. The largest absolute Gasteiger partial charge is 0.453 e. The van der Waals surface area contributed by atoms with E-state index < -0.39 is 59.4 Å².